The summed E-state index contributed by atoms with van der Waals surface area (Å²) in [7, 11) is 0. The fourth-order valence-electron chi connectivity index (χ4n) is 3.58. The molecule has 3 rings (SSSR count). The van der Waals surface area contributed by atoms with E-state index in [1.807, 2.05) is 18.7 Å². The molecule has 0 aliphatic carbocycles. The van der Waals surface area contributed by atoms with Gasteiger partial charge in [0.2, 0.25) is 5.91 Å². The van der Waals surface area contributed by atoms with Crippen LogP contribution in [0.2, 0.25) is 0 Å². The summed E-state index contributed by atoms with van der Waals surface area (Å²) in [6, 6.07) is 0.261. The van der Waals surface area contributed by atoms with E-state index < -0.39 is 5.79 Å². The third kappa shape index (κ3) is 2.47. The van der Waals surface area contributed by atoms with Crippen LogP contribution in [0.1, 0.15) is 41.0 Å². The maximum atomic E-state index is 12.3. The quantitative estimate of drug-likeness (QED) is 0.722. The van der Waals surface area contributed by atoms with Crippen molar-refractivity contribution in [3.63, 3.8) is 0 Å². The van der Waals surface area contributed by atoms with Gasteiger partial charge in [-0.3, -0.25) is 4.79 Å². The normalized spacial score (nSPS) is 39.9. The maximum absolute atomic E-state index is 12.3. The Morgan fingerprint density at radius 2 is 2.05 bits per heavy atom. The molecule has 3 aliphatic rings. The van der Waals surface area contributed by atoms with E-state index in [0.717, 1.165) is 6.42 Å². The van der Waals surface area contributed by atoms with Crippen molar-refractivity contribution in [2.24, 2.45) is 5.92 Å². The Morgan fingerprint density at radius 3 is 2.60 bits per heavy atom. The number of fused-ring (bicyclic) bond motifs is 1. The van der Waals surface area contributed by atoms with Crippen molar-refractivity contribution in [1.82, 2.24) is 4.90 Å². The number of hydrogen-bond acceptors (Lipinski definition) is 4. The number of ether oxygens (including phenoxy) is 3. The molecule has 0 spiro atoms. The zero-order chi connectivity index (χ0) is 14.7. The predicted molar refractivity (Wildman–Crippen MR) is 73.1 cm³/mol. The van der Waals surface area contributed by atoms with Crippen LogP contribution in [0.15, 0.2) is 0 Å². The average molecular weight is 283 g/mol. The van der Waals surface area contributed by atoms with Crippen LogP contribution in [-0.4, -0.2) is 53.6 Å². The Morgan fingerprint density at radius 1 is 1.35 bits per heavy atom. The summed E-state index contributed by atoms with van der Waals surface area (Å²) >= 11 is 0. The first kappa shape index (κ1) is 14.3. The number of amides is 1. The molecule has 3 aliphatic heterocycles. The molecule has 0 unspecified atom stereocenters. The second-order valence-corrected chi connectivity index (χ2v) is 7.54. The summed E-state index contributed by atoms with van der Waals surface area (Å²) in [4.78, 5) is 14.2. The van der Waals surface area contributed by atoms with Crippen LogP contribution in [0.25, 0.3) is 0 Å². The van der Waals surface area contributed by atoms with Gasteiger partial charge in [0.25, 0.3) is 0 Å². The van der Waals surface area contributed by atoms with Crippen molar-refractivity contribution in [2.75, 3.05) is 13.2 Å². The van der Waals surface area contributed by atoms with Gasteiger partial charge in [-0.25, -0.2) is 0 Å². The number of carbonyl (C=O) groups is 1. The highest BCUT2D eigenvalue weighted by atomic mass is 16.7. The van der Waals surface area contributed by atoms with Crippen molar-refractivity contribution in [3.05, 3.63) is 0 Å². The molecule has 0 aromatic rings. The number of nitrogens with zero attached hydrogens (tertiary/aromatic N) is 1. The van der Waals surface area contributed by atoms with Crippen LogP contribution in [0, 0.1) is 5.92 Å². The Bertz CT molecular complexity index is 415. The summed E-state index contributed by atoms with van der Waals surface area (Å²) in [6.45, 7) is 11.2. The van der Waals surface area contributed by atoms with Crippen LogP contribution in [-0.2, 0) is 19.0 Å². The van der Waals surface area contributed by atoms with Gasteiger partial charge in [-0.2, -0.15) is 0 Å². The summed E-state index contributed by atoms with van der Waals surface area (Å²) in [5.74, 6) is -0.419. The van der Waals surface area contributed by atoms with Crippen LogP contribution in [0.3, 0.4) is 0 Å². The molecule has 3 saturated heterocycles. The fourth-order valence-corrected chi connectivity index (χ4v) is 3.58. The lowest BCUT2D eigenvalue weighted by Crippen LogP contribution is -2.62. The van der Waals surface area contributed by atoms with Gasteiger partial charge in [-0.1, -0.05) is 0 Å². The number of β-lactam (4-membered cyclic amide) rings is 1. The van der Waals surface area contributed by atoms with Crippen molar-refractivity contribution in [3.8, 4) is 0 Å². The molecule has 3 fully saturated rings. The first-order valence-corrected chi connectivity index (χ1v) is 7.46. The molecule has 0 aromatic carbocycles. The zero-order valence-corrected chi connectivity index (χ0v) is 13.0. The van der Waals surface area contributed by atoms with Crippen LogP contribution < -0.4 is 0 Å². The van der Waals surface area contributed by atoms with Gasteiger partial charge in [0, 0.05) is 12.6 Å². The van der Waals surface area contributed by atoms with E-state index in [0.29, 0.717) is 13.2 Å². The Kier molecular flexibility index (Phi) is 3.16. The second kappa shape index (κ2) is 4.42. The lowest BCUT2D eigenvalue weighted by molar-refractivity contribution is -0.174. The minimum atomic E-state index is -0.564. The number of carbonyl (C=O) groups excluding carboxylic acids is 1. The van der Waals surface area contributed by atoms with Gasteiger partial charge in [-0.05, 0) is 41.0 Å². The molecule has 5 nitrogen and oxygen atoms in total. The molecule has 0 aromatic heterocycles. The Hall–Kier alpha value is -0.650. The van der Waals surface area contributed by atoms with E-state index in [1.54, 1.807) is 0 Å². The third-order valence-electron chi connectivity index (χ3n) is 4.24. The molecule has 114 valence electrons. The monoisotopic (exact) mass is 283 g/mol. The van der Waals surface area contributed by atoms with Gasteiger partial charge < -0.3 is 19.1 Å². The summed E-state index contributed by atoms with van der Waals surface area (Å²) in [5, 5.41) is 0. The first-order valence-electron chi connectivity index (χ1n) is 7.46. The minimum Gasteiger partial charge on any atom is -0.371 e. The molecule has 0 saturated carbocycles. The number of rotatable bonds is 2. The zero-order valence-electron chi connectivity index (χ0n) is 13.0. The summed E-state index contributed by atoms with van der Waals surface area (Å²) < 4.78 is 17.5. The predicted octanol–water partition coefficient (Wildman–Crippen LogP) is 1.55. The van der Waals surface area contributed by atoms with Gasteiger partial charge in [-0.15, -0.1) is 0 Å². The van der Waals surface area contributed by atoms with E-state index in [4.69, 9.17) is 14.2 Å². The molecular weight excluding hydrogens is 258 g/mol. The van der Waals surface area contributed by atoms with Gasteiger partial charge >= 0.3 is 0 Å². The SMILES string of the molecule is CC(C)(C)O[C@H]1C[C@H]2[C@@H]([C@H]3COC(C)(C)O3)C(=O)N2C1. The van der Waals surface area contributed by atoms with Gasteiger partial charge in [0.15, 0.2) is 5.79 Å². The molecule has 0 bridgehead atoms. The fraction of sp³-hybridized carbons (Fsp3) is 0.933. The van der Waals surface area contributed by atoms with Crippen LogP contribution >= 0.6 is 0 Å². The van der Waals surface area contributed by atoms with Crippen LogP contribution in [0.4, 0.5) is 0 Å². The van der Waals surface area contributed by atoms with E-state index >= 15 is 0 Å². The summed E-state index contributed by atoms with van der Waals surface area (Å²) in [6.07, 6.45) is 0.949. The third-order valence-corrected chi connectivity index (χ3v) is 4.24. The van der Waals surface area contributed by atoms with Crippen LogP contribution in [0.5, 0.6) is 0 Å². The molecule has 0 radical (unpaired) electrons. The first-order chi connectivity index (χ1) is 9.16. The molecule has 0 N–H and O–H groups in total. The molecule has 20 heavy (non-hydrogen) atoms. The highest BCUT2D eigenvalue weighted by molar-refractivity contribution is 5.87. The highest BCUT2D eigenvalue weighted by Crippen LogP contribution is 2.43. The van der Waals surface area contributed by atoms with E-state index in [-0.39, 0.29) is 35.7 Å². The maximum Gasteiger partial charge on any atom is 0.230 e. The molecular formula is C15H25NO4. The lowest BCUT2D eigenvalue weighted by Gasteiger charge is -2.44. The van der Waals surface area contributed by atoms with Crippen molar-refractivity contribution in [1.29, 1.82) is 0 Å². The van der Waals surface area contributed by atoms with Gasteiger partial charge in [0.05, 0.1) is 30.3 Å². The topological polar surface area (TPSA) is 48.0 Å². The van der Waals surface area contributed by atoms with Crippen molar-refractivity contribution < 1.29 is 19.0 Å². The van der Waals surface area contributed by atoms with E-state index in [2.05, 4.69) is 20.8 Å². The van der Waals surface area contributed by atoms with Gasteiger partial charge in [0.1, 0.15) is 0 Å². The molecule has 1 amide bonds. The number of hydrogen-bond donors (Lipinski definition) is 0. The molecule has 5 heteroatoms. The van der Waals surface area contributed by atoms with Crippen molar-refractivity contribution in [2.45, 2.75) is 70.7 Å². The Balaban J connectivity index is 1.63. The lowest BCUT2D eigenvalue weighted by atomic mass is 9.83. The average Bonchev–Trinajstić information content (AvgIpc) is 2.79. The van der Waals surface area contributed by atoms with E-state index in [9.17, 15) is 4.79 Å². The smallest absolute Gasteiger partial charge is 0.230 e. The second-order valence-electron chi connectivity index (χ2n) is 7.54. The molecule has 3 heterocycles. The largest absolute Gasteiger partial charge is 0.371 e. The van der Waals surface area contributed by atoms with Crippen molar-refractivity contribution >= 4 is 5.91 Å². The summed E-state index contributed by atoms with van der Waals surface area (Å²) in [5.41, 5.74) is -0.164. The minimum absolute atomic E-state index is 0.0506. The standard InChI is InChI=1S/C15H25NO4/c1-14(2,3)19-9-6-10-12(13(17)16(10)7-9)11-8-18-15(4,5)20-11/h9-12H,6-8H2,1-5H3/t9-,10-,11+,12-/m0/s1. The Labute approximate surface area is 120 Å². The van der Waals surface area contributed by atoms with E-state index in [1.165, 1.54) is 0 Å². The highest BCUT2D eigenvalue weighted by Gasteiger charge is 2.58. The molecule has 4 atom stereocenters.